The molecular weight excluding hydrogens is 560 g/mol. The van der Waals surface area contributed by atoms with Gasteiger partial charge in [0.2, 0.25) is 5.78 Å². The highest BCUT2D eigenvalue weighted by Crippen LogP contribution is 2.62. The Bertz CT molecular complexity index is 1740. The van der Waals surface area contributed by atoms with Crippen LogP contribution in [0.5, 0.6) is 5.75 Å². The normalized spacial score (nSPS) is 33.1. The number of hydrogen-bond donors (Lipinski definition) is 2. The third-order valence-corrected chi connectivity index (χ3v) is 11.5. The van der Waals surface area contributed by atoms with Crippen LogP contribution < -0.4 is 5.43 Å². The number of hydrogen-bond acceptors (Lipinski definition) is 7. The number of ether oxygens (including phenoxy) is 1. The number of carbonyl (C=O) groups is 3. The fourth-order valence-corrected chi connectivity index (χ4v) is 9.15. The highest BCUT2D eigenvalue weighted by atomic mass is 16.5. The minimum atomic E-state index is -1.60. The summed E-state index contributed by atoms with van der Waals surface area (Å²) in [7, 11) is 1.35. The van der Waals surface area contributed by atoms with E-state index >= 15 is 0 Å². The van der Waals surface area contributed by atoms with Crippen LogP contribution in [0.25, 0.3) is 11.0 Å². The largest absolute Gasteiger partial charge is 0.508 e. The van der Waals surface area contributed by atoms with Crippen LogP contribution in [0, 0.1) is 34.5 Å². The molecule has 0 bridgehead atoms. The monoisotopic (exact) mass is 600 g/mol. The molecule has 0 unspecified atom stereocenters. The van der Waals surface area contributed by atoms with Gasteiger partial charge in [-0.25, -0.2) is 0 Å². The Hall–Kier alpha value is -3.94. The van der Waals surface area contributed by atoms with Crippen molar-refractivity contribution in [3.05, 3.63) is 75.4 Å². The van der Waals surface area contributed by atoms with Crippen molar-refractivity contribution in [2.45, 2.75) is 71.6 Å². The van der Waals surface area contributed by atoms with E-state index in [-0.39, 0.29) is 51.8 Å². The molecule has 6 rings (SSSR count). The average molecular weight is 601 g/mol. The van der Waals surface area contributed by atoms with Gasteiger partial charge < -0.3 is 19.4 Å². The number of allylic oxidation sites excluding steroid dienone is 6. The summed E-state index contributed by atoms with van der Waals surface area (Å²) in [6.07, 6.45) is 9.05. The SMILES string of the molecule is COC1=CC(=O)[C@@]2(c3cc(=O)c4ccc(O)cc4o3)[C@H](CC=C(C)[C@@H]2C[C@]2(C)[C@@H](C(=O)O)CC=C3[C@H]2CCCC3(C)C)C1=O. The van der Waals surface area contributed by atoms with Crippen LogP contribution in [0.2, 0.25) is 0 Å². The highest BCUT2D eigenvalue weighted by molar-refractivity contribution is 6.14. The predicted molar refractivity (Wildman–Crippen MR) is 164 cm³/mol. The maximum Gasteiger partial charge on any atom is 0.307 e. The molecule has 44 heavy (non-hydrogen) atoms. The second-order valence-electron chi connectivity index (χ2n) is 14.1. The van der Waals surface area contributed by atoms with Crippen LogP contribution in [-0.4, -0.2) is 34.9 Å². The molecule has 0 spiro atoms. The Morgan fingerprint density at radius 2 is 1.82 bits per heavy atom. The molecule has 1 aromatic heterocycles. The standard InChI is InChI=1S/C36H40O8/c1-19-8-11-24-32(40)29(43-5)17-30(39)36(24,31-16-27(38)21-10-9-20(37)15-28(21)44-31)26(19)18-35(4)23-7-6-14-34(2,3)22(23)12-13-25(35)33(41)42/h8-10,12,15-17,23-26,37H,6-7,11,13-14,18H2,1-5H3,(H,41,42)/t23-,24-,25-,26+,35+,36-/m1/s1. The Balaban J connectivity index is 1.61. The van der Waals surface area contributed by atoms with E-state index < -0.39 is 45.8 Å². The van der Waals surface area contributed by atoms with Crippen molar-refractivity contribution in [1.29, 1.82) is 0 Å². The zero-order valence-electron chi connectivity index (χ0n) is 25.9. The number of fused-ring (bicyclic) bond motifs is 3. The first-order valence-electron chi connectivity index (χ1n) is 15.5. The van der Waals surface area contributed by atoms with Crippen molar-refractivity contribution in [2.24, 2.45) is 34.5 Å². The predicted octanol–water partition coefficient (Wildman–Crippen LogP) is 6.25. The molecule has 1 heterocycles. The minimum Gasteiger partial charge on any atom is -0.508 e. The molecule has 1 saturated carbocycles. The Kier molecular flexibility index (Phi) is 7.06. The van der Waals surface area contributed by atoms with Crippen LogP contribution in [0.15, 0.2) is 68.6 Å². The van der Waals surface area contributed by atoms with Gasteiger partial charge in [0.15, 0.2) is 17.0 Å². The van der Waals surface area contributed by atoms with E-state index in [1.165, 1.54) is 43.0 Å². The number of carboxylic acids is 1. The van der Waals surface area contributed by atoms with Crippen molar-refractivity contribution in [3.63, 3.8) is 0 Å². The number of Topliss-reactive ketones (excluding diaryl/α,β-unsaturated/α-hetero) is 1. The van der Waals surface area contributed by atoms with E-state index in [1.54, 1.807) is 0 Å². The summed E-state index contributed by atoms with van der Waals surface area (Å²) in [4.78, 5) is 55.0. The molecule has 1 fully saturated rings. The first-order chi connectivity index (χ1) is 20.7. The molecule has 2 N–H and O–H groups in total. The van der Waals surface area contributed by atoms with Gasteiger partial charge in [-0.05, 0) is 67.9 Å². The molecule has 1 aromatic carbocycles. The van der Waals surface area contributed by atoms with Crippen molar-refractivity contribution in [3.8, 4) is 5.75 Å². The molecule has 4 aliphatic rings. The lowest BCUT2D eigenvalue weighted by atomic mass is 9.46. The van der Waals surface area contributed by atoms with Gasteiger partial charge in [-0.2, -0.15) is 0 Å². The molecule has 2 aromatic rings. The van der Waals surface area contributed by atoms with Gasteiger partial charge in [0.05, 0.1) is 18.4 Å². The second kappa shape index (κ2) is 10.3. The molecule has 4 aliphatic carbocycles. The van der Waals surface area contributed by atoms with Crippen LogP contribution in [0.1, 0.15) is 72.0 Å². The van der Waals surface area contributed by atoms with E-state index in [0.29, 0.717) is 12.8 Å². The molecule has 0 radical (unpaired) electrons. The molecule has 0 saturated heterocycles. The first-order valence-corrected chi connectivity index (χ1v) is 15.5. The van der Waals surface area contributed by atoms with Crippen LogP contribution in [0.4, 0.5) is 0 Å². The molecule has 232 valence electrons. The summed E-state index contributed by atoms with van der Waals surface area (Å²) in [5.41, 5.74) is -0.598. The molecular formula is C36H40O8. The number of aromatic hydroxyl groups is 1. The summed E-state index contributed by atoms with van der Waals surface area (Å²) in [6.45, 7) is 8.39. The quantitative estimate of drug-likeness (QED) is 0.385. The lowest BCUT2D eigenvalue weighted by Crippen LogP contribution is -2.58. The van der Waals surface area contributed by atoms with Gasteiger partial charge >= 0.3 is 5.97 Å². The lowest BCUT2D eigenvalue weighted by molar-refractivity contribution is -0.151. The Labute approximate surface area is 256 Å². The van der Waals surface area contributed by atoms with Crippen LogP contribution in [0.3, 0.4) is 0 Å². The number of aliphatic carboxylic acids is 1. The molecule has 6 atom stereocenters. The molecule has 0 aliphatic heterocycles. The number of carbonyl (C=O) groups excluding carboxylic acids is 2. The summed E-state index contributed by atoms with van der Waals surface area (Å²) in [5, 5.41) is 21.0. The number of carboxylic acid groups (broad SMARTS) is 1. The van der Waals surface area contributed by atoms with Gasteiger partial charge in [0, 0.05) is 30.0 Å². The fraction of sp³-hybridized carbons (Fsp3) is 0.500. The van der Waals surface area contributed by atoms with E-state index in [2.05, 4.69) is 19.9 Å². The summed E-state index contributed by atoms with van der Waals surface area (Å²) in [5.74, 6) is -4.03. The number of phenols is 1. The topological polar surface area (TPSA) is 131 Å². The molecule has 8 heteroatoms. The lowest BCUT2D eigenvalue weighted by Gasteiger charge is -2.56. The minimum absolute atomic E-state index is 0.0219. The number of rotatable bonds is 5. The third kappa shape index (κ3) is 4.24. The van der Waals surface area contributed by atoms with Gasteiger partial charge in [-0.1, -0.05) is 50.5 Å². The van der Waals surface area contributed by atoms with Gasteiger partial charge in [-0.15, -0.1) is 0 Å². The van der Waals surface area contributed by atoms with E-state index in [1.807, 2.05) is 19.9 Å². The zero-order valence-corrected chi connectivity index (χ0v) is 25.9. The number of methoxy groups -OCH3 is 1. The van der Waals surface area contributed by atoms with Gasteiger partial charge in [-0.3, -0.25) is 19.2 Å². The van der Waals surface area contributed by atoms with Crippen molar-refractivity contribution < 1.29 is 33.8 Å². The third-order valence-electron chi connectivity index (χ3n) is 11.5. The van der Waals surface area contributed by atoms with Crippen molar-refractivity contribution in [1.82, 2.24) is 0 Å². The molecule has 8 nitrogen and oxygen atoms in total. The van der Waals surface area contributed by atoms with E-state index in [9.17, 15) is 29.4 Å². The highest BCUT2D eigenvalue weighted by Gasteiger charge is 2.63. The number of phenolic OH excluding ortho intramolecular Hbond substituents is 1. The Morgan fingerprint density at radius 1 is 1.07 bits per heavy atom. The Morgan fingerprint density at radius 3 is 2.52 bits per heavy atom. The van der Waals surface area contributed by atoms with Gasteiger partial charge in [0.1, 0.15) is 22.5 Å². The summed E-state index contributed by atoms with van der Waals surface area (Å²) < 4.78 is 11.7. The maximum atomic E-state index is 14.6. The van der Waals surface area contributed by atoms with Gasteiger partial charge in [0.25, 0.3) is 0 Å². The summed E-state index contributed by atoms with van der Waals surface area (Å²) in [6, 6.07) is 5.50. The van der Waals surface area contributed by atoms with Crippen LogP contribution in [-0.2, 0) is 24.5 Å². The molecule has 0 amide bonds. The van der Waals surface area contributed by atoms with E-state index in [0.717, 1.165) is 24.8 Å². The maximum absolute atomic E-state index is 14.6. The van der Waals surface area contributed by atoms with Crippen molar-refractivity contribution >= 4 is 28.5 Å². The summed E-state index contributed by atoms with van der Waals surface area (Å²) >= 11 is 0. The number of ketones is 2. The van der Waals surface area contributed by atoms with Crippen molar-refractivity contribution in [2.75, 3.05) is 7.11 Å². The number of benzene rings is 1. The second-order valence-corrected chi connectivity index (χ2v) is 14.1. The zero-order chi connectivity index (χ0) is 31.8. The first kappa shape index (κ1) is 30.1. The smallest absolute Gasteiger partial charge is 0.307 e. The van der Waals surface area contributed by atoms with Crippen LogP contribution >= 0.6 is 0 Å². The van der Waals surface area contributed by atoms with E-state index in [4.69, 9.17) is 9.15 Å². The average Bonchev–Trinajstić information content (AvgIpc) is 2.95. The fourth-order valence-electron chi connectivity index (χ4n) is 9.15.